The van der Waals surface area contributed by atoms with Gasteiger partial charge in [-0.2, -0.15) is 0 Å². The summed E-state index contributed by atoms with van der Waals surface area (Å²) in [4.78, 5) is 21.2. The zero-order valence-electron chi connectivity index (χ0n) is 6.12. The van der Waals surface area contributed by atoms with Crippen LogP contribution in [0.2, 0.25) is 0 Å². The molecule has 0 unspecified atom stereocenters. The molecule has 0 amide bonds. The van der Waals surface area contributed by atoms with Crippen LogP contribution in [0.3, 0.4) is 0 Å². The van der Waals surface area contributed by atoms with E-state index in [1.165, 1.54) is 4.57 Å². The predicted molar refractivity (Wildman–Crippen MR) is 41.3 cm³/mol. The molecule has 0 aliphatic carbocycles. The summed E-state index contributed by atoms with van der Waals surface area (Å²) in [6.45, 7) is 1.61. The van der Waals surface area contributed by atoms with Crippen molar-refractivity contribution in [1.82, 2.24) is 4.57 Å². The van der Waals surface area contributed by atoms with Gasteiger partial charge in [0.1, 0.15) is 4.88 Å². The molecule has 1 aromatic rings. The first-order chi connectivity index (χ1) is 5.04. The van der Waals surface area contributed by atoms with Crippen molar-refractivity contribution in [3.8, 4) is 0 Å². The SMILES string of the molecule is Cc1c(C(=O)O)sc(=O)n1C. The van der Waals surface area contributed by atoms with Gasteiger partial charge in [-0.25, -0.2) is 4.79 Å². The maximum atomic E-state index is 10.9. The van der Waals surface area contributed by atoms with E-state index in [0.717, 1.165) is 11.3 Å². The van der Waals surface area contributed by atoms with Gasteiger partial charge in [0.25, 0.3) is 0 Å². The number of hydrogen-bond acceptors (Lipinski definition) is 3. The lowest BCUT2D eigenvalue weighted by atomic mass is 10.4. The minimum atomic E-state index is -1.04. The molecule has 0 atom stereocenters. The molecule has 0 bridgehead atoms. The minimum Gasteiger partial charge on any atom is -0.477 e. The lowest BCUT2D eigenvalue weighted by molar-refractivity contribution is 0.0701. The molecule has 0 saturated carbocycles. The average molecular weight is 173 g/mol. The highest BCUT2D eigenvalue weighted by atomic mass is 32.1. The third-order valence-corrected chi connectivity index (χ3v) is 2.61. The fraction of sp³-hybridized carbons (Fsp3) is 0.333. The lowest BCUT2D eigenvalue weighted by Gasteiger charge is -1.92. The summed E-state index contributed by atoms with van der Waals surface area (Å²) in [5.41, 5.74) is 0.507. The Balaban J connectivity index is 3.42. The first kappa shape index (κ1) is 8.00. The van der Waals surface area contributed by atoms with E-state index in [-0.39, 0.29) is 9.75 Å². The molecule has 1 rings (SSSR count). The van der Waals surface area contributed by atoms with Crippen LogP contribution in [0.15, 0.2) is 4.79 Å². The van der Waals surface area contributed by atoms with E-state index in [2.05, 4.69) is 0 Å². The second-order valence-corrected chi connectivity index (χ2v) is 3.11. The van der Waals surface area contributed by atoms with E-state index in [9.17, 15) is 9.59 Å². The van der Waals surface area contributed by atoms with Gasteiger partial charge in [-0.3, -0.25) is 4.79 Å². The Bertz CT molecular complexity index is 349. The van der Waals surface area contributed by atoms with Gasteiger partial charge in [0.2, 0.25) is 0 Å². The number of aromatic carboxylic acids is 1. The molecule has 4 nitrogen and oxygen atoms in total. The fourth-order valence-corrected chi connectivity index (χ4v) is 1.54. The molecule has 5 heteroatoms. The number of carboxylic acid groups (broad SMARTS) is 1. The molecule has 0 aromatic carbocycles. The van der Waals surface area contributed by atoms with Crippen molar-refractivity contribution < 1.29 is 9.90 Å². The zero-order chi connectivity index (χ0) is 8.59. The van der Waals surface area contributed by atoms with Crippen molar-refractivity contribution in [2.75, 3.05) is 0 Å². The zero-order valence-corrected chi connectivity index (χ0v) is 6.94. The van der Waals surface area contributed by atoms with E-state index in [4.69, 9.17) is 5.11 Å². The summed E-state index contributed by atoms with van der Waals surface area (Å²) in [5, 5.41) is 8.56. The number of carboxylic acids is 1. The normalized spacial score (nSPS) is 10.0. The monoisotopic (exact) mass is 173 g/mol. The molecule has 0 radical (unpaired) electrons. The average Bonchev–Trinajstić information content (AvgIpc) is 2.17. The van der Waals surface area contributed by atoms with Crippen molar-refractivity contribution in [1.29, 1.82) is 0 Å². The van der Waals surface area contributed by atoms with Crippen LogP contribution in [-0.2, 0) is 7.05 Å². The van der Waals surface area contributed by atoms with Crippen molar-refractivity contribution in [2.24, 2.45) is 7.05 Å². The van der Waals surface area contributed by atoms with Gasteiger partial charge in [0.05, 0.1) is 0 Å². The van der Waals surface area contributed by atoms with Crippen molar-refractivity contribution in [2.45, 2.75) is 6.92 Å². The fourth-order valence-electron chi connectivity index (χ4n) is 0.717. The molecule has 1 aromatic heterocycles. The number of nitrogens with zero attached hydrogens (tertiary/aromatic N) is 1. The van der Waals surface area contributed by atoms with Crippen molar-refractivity contribution >= 4 is 17.3 Å². The molecule has 1 heterocycles. The highest BCUT2D eigenvalue weighted by Crippen LogP contribution is 2.09. The Kier molecular flexibility index (Phi) is 1.82. The Hall–Kier alpha value is -1.10. The van der Waals surface area contributed by atoms with Gasteiger partial charge in [-0.1, -0.05) is 11.3 Å². The number of hydrogen-bond donors (Lipinski definition) is 1. The van der Waals surface area contributed by atoms with Crippen molar-refractivity contribution in [3.05, 3.63) is 20.2 Å². The lowest BCUT2D eigenvalue weighted by Crippen LogP contribution is -2.08. The van der Waals surface area contributed by atoms with Crippen molar-refractivity contribution in [3.63, 3.8) is 0 Å². The summed E-state index contributed by atoms with van der Waals surface area (Å²) >= 11 is 0.757. The maximum Gasteiger partial charge on any atom is 0.347 e. The highest BCUT2D eigenvalue weighted by Gasteiger charge is 2.13. The summed E-state index contributed by atoms with van der Waals surface area (Å²) in [6.07, 6.45) is 0. The Morgan fingerprint density at radius 3 is 2.36 bits per heavy atom. The van der Waals surface area contributed by atoms with E-state index < -0.39 is 5.97 Å². The summed E-state index contributed by atoms with van der Waals surface area (Å²) in [6, 6.07) is 0. The molecular formula is C6H7NO3S. The molecule has 0 aliphatic heterocycles. The smallest absolute Gasteiger partial charge is 0.347 e. The Morgan fingerprint density at radius 1 is 1.64 bits per heavy atom. The molecule has 0 fully saturated rings. The summed E-state index contributed by atoms with van der Waals surface area (Å²) in [5.74, 6) is -1.04. The summed E-state index contributed by atoms with van der Waals surface area (Å²) in [7, 11) is 1.56. The van der Waals surface area contributed by atoms with Gasteiger partial charge in [0.15, 0.2) is 0 Å². The van der Waals surface area contributed by atoms with E-state index in [1.54, 1.807) is 14.0 Å². The molecular weight excluding hydrogens is 166 g/mol. The van der Waals surface area contributed by atoms with Gasteiger partial charge in [-0.15, -0.1) is 0 Å². The number of carbonyl (C=O) groups is 1. The van der Waals surface area contributed by atoms with Gasteiger partial charge in [0, 0.05) is 12.7 Å². The first-order valence-corrected chi connectivity index (χ1v) is 3.75. The number of aromatic nitrogens is 1. The predicted octanol–water partition coefficient (Wildman–Crippen LogP) is 0.453. The van der Waals surface area contributed by atoms with Gasteiger partial charge < -0.3 is 9.67 Å². The van der Waals surface area contributed by atoms with E-state index >= 15 is 0 Å². The minimum absolute atomic E-state index is 0.123. The van der Waals surface area contributed by atoms with Crippen LogP contribution in [-0.4, -0.2) is 15.6 Å². The third-order valence-electron chi connectivity index (χ3n) is 1.49. The van der Waals surface area contributed by atoms with E-state index in [1.807, 2.05) is 0 Å². The van der Waals surface area contributed by atoms with Gasteiger partial charge in [-0.05, 0) is 6.92 Å². The molecule has 11 heavy (non-hydrogen) atoms. The molecule has 60 valence electrons. The Labute approximate surface area is 66.7 Å². The van der Waals surface area contributed by atoms with Crippen LogP contribution in [0.1, 0.15) is 15.4 Å². The largest absolute Gasteiger partial charge is 0.477 e. The quantitative estimate of drug-likeness (QED) is 0.670. The van der Waals surface area contributed by atoms with E-state index in [0.29, 0.717) is 5.69 Å². The van der Waals surface area contributed by atoms with Crippen LogP contribution in [0.5, 0.6) is 0 Å². The second-order valence-electron chi connectivity index (χ2n) is 2.15. The topological polar surface area (TPSA) is 59.3 Å². The highest BCUT2D eigenvalue weighted by molar-refractivity contribution is 7.11. The van der Waals surface area contributed by atoms with Crippen LogP contribution >= 0.6 is 11.3 Å². The molecule has 1 N–H and O–H groups in total. The molecule has 0 saturated heterocycles. The number of thiazole rings is 1. The van der Waals surface area contributed by atoms with Gasteiger partial charge >= 0.3 is 10.8 Å². The van der Waals surface area contributed by atoms with Crippen LogP contribution in [0.4, 0.5) is 0 Å². The van der Waals surface area contributed by atoms with Crippen LogP contribution < -0.4 is 4.87 Å². The standard InChI is InChI=1S/C6H7NO3S/c1-3-4(5(8)9)11-6(10)7(3)2/h1-2H3,(H,8,9). The second kappa shape index (κ2) is 2.50. The number of rotatable bonds is 1. The molecule has 0 aliphatic rings. The maximum absolute atomic E-state index is 10.9. The molecule has 0 spiro atoms. The van der Waals surface area contributed by atoms with Crippen LogP contribution in [0.25, 0.3) is 0 Å². The van der Waals surface area contributed by atoms with Crippen LogP contribution in [0, 0.1) is 6.92 Å². The first-order valence-electron chi connectivity index (χ1n) is 2.93. The third kappa shape index (κ3) is 1.19. The summed E-state index contributed by atoms with van der Waals surface area (Å²) < 4.78 is 1.33. The Morgan fingerprint density at radius 2 is 2.18 bits per heavy atom.